The number of aliphatic hydroxyl groups excluding tert-OH is 2. The summed E-state index contributed by atoms with van der Waals surface area (Å²) in [5.74, 6) is -6.47. The Bertz CT molecular complexity index is 1530. The molecule has 5 unspecified atom stereocenters. The van der Waals surface area contributed by atoms with Gasteiger partial charge in [0.1, 0.15) is 6.04 Å². The molecule has 1 amide bonds. The van der Waals surface area contributed by atoms with Gasteiger partial charge in [0.25, 0.3) is 0 Å². The molecular formula is C42H68N4O15. The summed E-state index contributed by atoms with van der Waals surface area (Å²) in [6, 6.07) is -1.58. The van der Waals surface area contributed by atoms with Gasteiger partial charge in [-0.25, -0.2) is 0 Å². The Hall–Kier alpha value is -3.91. The van der Waals surface area contributed by atoms with Crippen LogP contribution in [0.5, 0.6) is 0 Å². The Morgan fingerprint density at radius 3 is 1.79 bits per heavy atom. The van der Waals surface area contributed by atoms with Gasteiger partial charge in [0.2, 0.25) is 5.91 Å². The van der Waals surface area contributed by atoms with E-state index in [1.54, 1.807) is 0 Å². The molecule has 0 aromatic rings. The van der Waals surface area contributed by atoms with Gasteiger partial charge in [-0.1, -0.05) is 20.8 Å². The first kappa shape index (κ1) is 49.7. The van der Waals surface area contributed by atoms with Gasteiger partial charge >= 0.3 is 35.8 Å². The number of fused-ring (bicyclic) bond motifs is 5. The van der Waals surface area contributed by atoms with Gasteiger partial charge in [-0.05, 0) is 104 Å². The summed E-state index contributed by atoms with van der Waals surface area (Å²) in [6.07, 6.45) is 4.43. The third-order valence-corrected chi connectivity index (χ3v) is 15.2. The number of hydrogen-bond donors (Lipinski definition) is 8. The molecule has 4 aliphatic rings. The number of carbonyl (C=O) groups is 7. The number of aliphatic carboxylic acids is 5. The molecule has 12 atom stereocenters. The summed E-state index contributed by atoms with van der Waals surface area (Å²) in [4.78, 5) is 87.3. The van der Waals surface area contributed by atoms with Crippen LogP contribution in [0.4, 0.5) is 0 Å². The Kier molecular flexibility index (Phi) is 17.5. The van der Waals surface area contributed by atoms with Crippen LogP contribution in [-0.4, -0.2) is 176 Å². The standard InChI is InChI=1S/C42H68N4O15/c1-24(5-10-38(58)61-4)27-6-7-28-39-29(19-32(48)42(27,28)3)41(2)12-11-26(17-25(41)18-31(39)47)43-33(49)9-8-30(40(59)60)46(15-13-44(20-34(50)51)21-35(52)53)16-14-45(22-36(54)55)23-37(56)57/h24-32,39,47-48H,5-23H2,1-4H3,(H,43,49)(H,50,51)(H,52,53)(H,54,55)(H,56,57)(H,59,60)/t24?,25?,26-,27+,28?,29?,30+,31+,32-,39?,41-,42+/m0/s1. The first-order valence-electron chi connectivity index (χ1n) is 21.6. The third kappa shape index (κ3) is 12.4. The van der Waals surface area contributed by atoms with Crippen molar-refractivity contribution in [2.24, 2.45) is 46.3 Å². The topological polar surface area (TPSA) is 292 Å². The highest BCUT2D eigenvalue weighted by Crippen LogP contribution is 2.68. The lowest BCUT2D eigenvalue weighted by Crippen LogP contribution is -2.63. The van der Waals surface area contributed by atoms with E-state index >= 15 is 0 Å². The molecule has 4 saturated carbocycles. The first-order valence-corrected chi connectivity index (χ1v) is 21.6. The van der Waals surface area contributed by atoms with Gasteiger partial charge in [0, 0.05) is 45.1 Å². The summed E-state index contributed by atoms with van der Waals surface area (Å²) in [5.41, 5.74) is -0.566. The van der Waals surface area contributed by atoms with E-state index in [4.69, 9.17) is 4.74 Å². The number of carboxylic acids is 5. The quantitative estimate of drug-likeness (QED) is 0.0631. The molecule has 8 N–H and O–H groups in total. The molecule has 4 fully saturated rings. The maximum Gasteiger partial charge on any atom is 0.320 e. The zero-order valence-electron chi connectivity index (χ0n) is 35.9. The van der Waals surface area contributed by atoms with Crippen LogP contribution in [0.3, 0.4) is 0 Å². The van der Waals surface area contributed by atoms with Crippen LogP contribution in [0, 0.1) is 46.3 Å². The molecule has 19 heteroatoms. The fraction of sp³-hybridized carbons (Fsp3) is 0.833. The van der Waals surface area contributed by atoms with Crippen molar-refractivity contribution in [1.82, 2.24) is 20.0 Å². The summed E-state index contributed by atoms with van der Waals surface area (Å²) in [6.45, 7) is 3.24. The second kappa shape index (κ2) is 21.4. The lowest BCUT2D eigenvalue weighted by Gasteiger charge is -2.63. The second-order valence-corrected chi connectivity index (χ2v) is 18.7. The number of nitrogens with one attached hydrogen (secondary N) is 1. The lowest BCUT2D eigenvalue weighted by atomic mass is 9.43. The van der Waals surface area contributed by atoms with Crippen LogP contribution in [0.25, 0.3) is 0 Å². The predicted octanol–water partition coefficient (Wildman–Crippen LogP) is 1.14. The van der Waals surface area contributed by atoms with Crippen molar-refractivity contribution < 1.29 is 74.0 Å². The molecule has 0 radical (unpaired) electrons. The maximum absolute atomic E-state index is 13.5. The van der Waals surface area contributed by atoms with Gasteiger partial charge in [0.05, 0.1) is 45.5 Å². The molecule has 0 aromatic heterocycles. The number of rotatable bonds is 24. The smallest absolute Gasteiger partial charge is 0.320 e. The Labute approximate surface area is 356 Å². The van der Waals surface area contributed by atoms with Crippen LogP contribution in [-0.2, 0) is 38.3 Å². The number of carbonyl (C=O) groups excluding carboxylic acids is 2. The zero-order chi connectivity index (χ0) is 45.4. The largest absolute Gasteiger partial charge is 0.480 e. The van der Waals surface area contributed by atoms with Crippen molar-refractivity contribution in [2.45, 2.75) is 116 Å². The van der Waals surface area contributed by atoms with Crippen LogP contribution < -0.4 is 5.32 Å². The third-order valence-electron chi connectivity index (χ3n) is 15.2. The number of nitrogens with zero attached hydrogens (tertiary/aromatic N) is 3. The van der Waals surface area contributed by atoms with Gasteiger partial charge < -0.3 is 45.8 Å². The number of carboxylic acid groups (broad SMARTS) is 5. The van der Waals surface area contributed by atoms with Crippen LogP contribution in [0.1, 0.15) is 91.4 Å². The Balaban J connectivity index is 1.41. The van der Waals surface area contributed by atoms with Crippen LogP contribution >= 0.6 is 0 Å². The van der Waals surface area contributed by atoms with E-state index in [0.717, 1.165) is 29.1 Å². The first-order chi connectivity index (χ1) is 28.6. The highest BCUT2D eigenvalue weighted by Gasteiger charge is 2.65. The molecule has 0 bridgehead atoms. The monoisotopic (exact) mass is 868 g/mol. The summed E-state index contributed by atoms with van der Waals surface area (Å²) in [5, 5.41) is 74.4. The van der Waals surface area contributed by atoms with E-state index in [-0.39, 0.29) is 97.4 Å². The molecule has 346 valence electrons. The second-order valence-electron chi connectivity index (χ2n) is 18.7. The number of ether oxygens (including phenoxy) is 1. The molecule has 0 saturated heterocycles. The average molecular weight is 869 g/mol. The van der Waals surface area contributed by atoms with Crippen molar-refractivity contribution in [2.75, 3.05) is 59.5 Å². The minimum atomic E-state index is -1.34. The van der Waals surface area contributed by atoms with Crippen LogP contribution in [0.2, 0.25) is 0 Å². The predicted molar refractivity (Wildman–Crippen MR) is 216 cm³/mol. The molecule has 19 nitrogen and oxygen atoms in total. The molecular weight excluding hydrogens is 800 g/mol. The fourth-order valence-electron chi connectivity index (χ4n) is 12.1. The number of hydrogen-bond acceptors (Lipinski definition) is 13. The number of methoxy groups -OCH3 is 1. The normalized spacial score (nSPS) is 31.7. The molecule has 4 aliphatic carbocycles. The highest BCUT2D eigenvalue weighted by atomic mass is 16.5. The lowest BCUT2D eigenvalue weighted by molar-refractivity contribution is -0.202. The SMILES string of the molecule is COC(=O)CCC(C)[C@H]1CCC2C3C(C[C@H](O)[C@@]21C)[C@@]1(C)CC[C@H](NC(=O)CC[C@H](C(=O)O)N(CCN(CC(=O)O)CC(=O)O)CCN(CC(=O)O)CC(=O)O)CC1C[C@H]3O. The number of esters is 1. The maximum atomic E-state index is 13.5. The zero-order valence-corrected chi connectivity index (χ0v) is 35.9. The van der Waals surface area contributed by atoms with E-state index in [1.165, 1.54) is 12.0 Å². The average Bonchev–Trinajstić information content (AvgIpc) is 3.52. The molecule has 0 heterocycles. The van der Waals surface area contributed by atoms with Gasteiger partial charge in [-0.2, -0.15) is 0 Å². The van der Waals surface area contributed by atoms with E-state index < -0.39 is 80.2 Å². The summed E-state index contributed by atoms with van der Waals surface area (Å²) in [7, 11) is 1.38. The van der Waals surface area contributed by atoms with E-state index in [9.17, 15) is 69.3 Å². The number of amides is 1. The Morgan fingerprint density at radius 1 is 0.721 bits per heavy atom. The minimum absolute atomic E-state index is 0.0233. The molecule has 0 aromatic carbocycles. The Morgan fingerprint density at radius 2 is 1.28 bits per heavy atom. The molecule has 61 heavy (non-hydrogen) atoms. The summed E-state index contributed by atoms with van der Waals surface area (Å²) >= 11 is 0. The van der Waals surface area contributed by atoms with Crippen molar-refractivity contribution >= 4 is 41.7 Å². The fourth-order valence-corrected chi connectivity index (χ4v) is 12.1. The van der Waals surface area contributed by atoms with Crippen molar-refractivity contribution in [3.63, 3.8) is 0 Å². The minimum Gasteiger partial charge on any atom is -0.480 e. The molecule has 0 aliphatic heterocycles. The van der Waals surface area contributed by atoms with Crippen molar-refractivity contribution in [3.8, 4) is 0 Å². The molecule has 4 rings (SSSR count). The highest BCUT2D eigenvalue weighted by molar-refractivity contribution is 5.79. The van der Waals surface area contributed by atoms with E-state index in [0.29, 0.717) is 38.5 Å². The number of aliphatic hydroxyl groups is 2. The van der Waals surface area contributed by atoms with Crippen molar-refractivity contribution in [3.05, 3.63) is 0 Å². The van der Waals surface area contributed by atoms with Crippen molar-refractivity contribution in [1.29, 1.82) is 0 Å². The van der Waals surface area contributed by atoms with E-state index in [1.807, 2.05) is 0 Å². The molecule has 0 spiro atoms. The van der Waals surface area contributed by atoms with E-state index in [2.05, 4.69) is 26.1 Å². The summed E-state index contributed by atoms with van der Waals surface area (Å²) < 4.78 is 4.87. The van der Waals surface area contributed by atoms with Crippen LogP contribution in [0.15, 0.2) is 0 Å². The van der Waals surface area contributed by atoms with Gasteiger partial charge in [-0.3, -0.25) is 48.3 Å². The van der Waals surface area contributed by atoms with Gasteiger partial charge in [-0.15, -0.1) is 0 Å². The van der Waals surface area contributed by atoms with Gasteiger partial charge in [0.15, 0.2) is 0 Å².